The van der Waals surface area contributed by atoms with Crippen molar-refractivity contribution in [1.82, 2.24) is 4.98 Å². The molecule has 1 rings (SSSR count). The Morgan fingerprint density at radius 3 is 3.14 bits per heavy atom. The Hall–Kier alpha value is -1.26. The number of aromatic nitrogens is 1. The molecule has 0 fully saturated rings. The minimum atomic E-state index is 0.408. The molecule has 14 heavy (non-hydrogen) atoms. The van der Waals surface area contributed by atoms with Crippen molar-refractivity contribution in [3.8, 4) is 5.88 Å². The molecule has 0 spiro atoms. The van der Waals surface area contributed by atoms with E-state index in [0.29, 0.717) is 18.8 Å². The lowest BCUT2D eigenvalue weighted by Gasteiger charge is -2.05. The maximum Gasteiger partial charge on any atom is 0.216 e. The molecular weight excluding hydrogens is 248 g/mol. The minimum Gasteiger partial charge on any atom is -0.481 e. The molecule has 0 aliphatic carbocycles. The second kappa shape index (κ2) is 5.47. The van der Waals surface area contributed by atoms with Crippen LogP contribution in [0.4, 0.5) is 0 Å². The molecule has 0 N–H and O–H groups in total. The Kier molecular flexibility index (Phi) is 4.22. The first-order chi connectivity index (χ1) is 6.77. The highest BCUT2D eigenvalue weighted by Gasteiger charge is 2.03. The molecule has 0 aromatic carbocycles. The summed E-state index contributed by atoms with van der Waals surface area (Å²) in [6, 6.07) is 1.90. The second-order valence-corrected chi connectivity index (χ2v) is 3.44. The molecule has 0 saturated heterocycles. The number of nitrogens with zero attached hydrogens (tertiary/aromatic N) is 4. The Morgan fingerprint density at radius 1 is 1.71 bits per heavy atom. The summed E-state index contributed by atoms with van der Waals surface area (Å²) in [7, 11) is 1.56. The predicted octanol–water partition coefficient (Wildman–Crippen LogP) is 2.71. The largest absolute Gasteiger partial charge is 0.481 e. The van der Waals surface area contributed by atoms with E-state index >= 15 is 0 Å². The van der Waals surface area contributed by atoms with E-state index in [4.69, 9.17) is 10.3 Å². The zero-order valence-electron chi connectivity index (χ0n) is 7.64. The SMILES string of the molecule is COc1ncc(Br)cc1CCN=[N+]=[N-]. The van der Waals surface area contributed by atoms with E-state index in [1.807, 2.05) is 6.07 Å². The third-order valence-corrected chi connectivity index (χ3v) is 2.06. The van der Waals surface area contributed by atoms with Gasteiger partial charge in [0.1, 0.15) is 0 Å². The zero-order chi connectivity index (χ0) is 10.4. The first-order valence-corrected chi connectivity index (χ1v) is 4.76. The molecule has 0 saturated carbocycles. The Labute approximate surface area is 89.9 Å². The molecule has 1 heterocycles. The summed E-state index contributed by atoms with van der Waals surface area (Å²) < 4.78 is 5.95. The number of pyridine rings is 1. The van der Waals surface area contributed by atoms with Gasteiger partial charge in [-0.05, 0) is 33.9 Å². The average molecular weight is 257 g/mol. The third-order valence-electron chi connectivity index (χ3n) is 1.63. The highest BCUT2D eigenvalue weighted by Crippen LogP contribution is 2.20. The molecule has 0 aliphatic heterocycles. The summed E-state index contributed by atoms with van der Waals surface area (Å²) in [5.74, 6) is 0.571. The van der Waals surface area contributed by atoms with Gasteiger partial charge in [0.05, 0.1) is 7.11 Å². The second-order valence-electron chi connectivity index (χ2n) is 2.53. The highest BCUT2D eigenvalue weighted by molar-refractivity contribution is 9.10. The lowest BCUT2D eigenvalue weighted by Crippen LogP contribution is -1.97. The van der Waals surface area contributed by atoms with Gasteiger partial charge in [-0.3, -0.25) is 0 Å². The van der Waals surface area contributed by atoms with Gasteiger partial charge in [-0.2, -0.15) is 0 Å². The molecule has 6 heteroatoms. The van der Waals surface area contributed by atoms with E-state index < -0.39 is 0 Å². The van der Waals surface area contributed by atoms with Crippen molar-refractivity contribution in [2.45, 2.75) is 6.42 Å². The van der Waals surface area contributed by atoms with Gasteiger partial charge in [0.15, 0.2) is 0 Å². The van der Waals surface area contributed by atoms with Crippen molar-refractivity contribution in [3.05, 3.63) is 32.7 Å². The van der Waals surface area contributed by atoms with E-state index in [2.05, 4.69) is 30.9 Å². The summed E-state index contributed by atoms with van der Waals surface area (Å²) >= 11 is 3.31. The van der Waals surface area contributed by atoms with Gasteiger partial charge in [0, 0.05) is 27.7 Å². The number of hydrogen-bond donors (Lipinski definition) is 0. The smallest absolute Gasteiger partial charge is 0.216 e. The first kappa shape index (κ1) is 10.8. The Balaban J connectivity index is 2.81. The Morgan fingerprint density at radius 2 is 2.50 bits per heavy atom. The van der Waals surface area contributed by atoms with Gasteiger partial charge in [0.25, 0.3) is 0 Å². The fourth-order valence-electron chi connectivity index (χ4n) is 1.05. The fraction of sp³-hybridized carbons (Fsp3) is 0.375. The minimum absolute atomic E-state index is 0.408. The normalized spacial score (nSPS) is 9.29. The van der Waals surface area contributed by atoms with Gasteiger partial charge in [-0.15, -0.1) is 0 Å². The number of methoxy groups -OCH3 is 1. The van der Waals surface area contributed by atoms with Gasteiger partial charge in [-0.25, -0.2) is 4.98 Å². The van der Waals surface area contributed by atoms with E-state index in [9.17, 15) is 0 Å². The molecule has 0 atom stereocenters. The maximum atomic E-state index is 8.13. The number of ether oxygens (including phenoxy) is 1. The van der Waals surface area contributed by atoms with Gasteiger partial charge >= 0.3 is 0 Å². The van der Waals surface area contributed by atoms with E-state index in [0.717, 1.165) is 10.0 Å². The third kappa shape index (κ3) is 2.90. The van der Waals surface area contributed by atoms with Crippen LogP contribution in [0.1, 0.15) is 5.56 Å². The van der Waals surface area contributed by atoms with Crippen LogP contribution in [0.2, 0.25) is 0 Å². The highest BCUT2D eigenvalue weighted by atomic mass is 79.9. The first-order valence-electron chi connectivity index (χ1n) is 3.97. The molecule has 0 aliphatic rings. The number of hydrogen-bond acceptors (Lipinski definition) is 3. The van der Waals surface area contributed by atoms with Crippen LogP contribution >= 0.6 is 15.9 Å². The van der Waals surface area contributed by atoms with E-state index in [-0.39, 0.29) is 0 Å². The summed E-state index contributed by atoms with van der Waals surface area (Å²) in [6.07, 6.45) is 2.29. The van der Waals surface area contributed by atoms with Crippen LogP contribution < -0.4 is 4.74 Å². The van der Waals surface area contributed by atoms with Gasteiger partial charge in [0.2, 0.25) is 5.88 Å². The monoisotopic (exact) mass is 256 g/mol. The summed E-state index contributed by atoms with van der Waals surface area (Å²) in [5.41, 5.74) is 9.05. The number of rotatable bonds is 4. The lowest BCUT2D eigenvalue weighted by atomic mass is 10.2. The lowest BCUT2D eigenvalue weighted by molar-refractivity contribution is 0.392. The maximum absolute atomic E-state index is 8.13. The summed E-state index contributed by atoms with van der Waals surface area (Å²) in [6.45, 7) is 0.408. The number of halogens is 1. The van der Waals surface area contributed by atoms with Crippen molar-refractivity contribution in [2.24, 2.45) is 5.11 Å². The molecule has 1 aromatic rings. The van der Waals surface area contributed by atoms with Gasteiger partial charge < -0.3 is 4.74 Å². The molecule has 1 aromatic heterocycles. The van der Waals surface area contributed by atoms with Crippen molar-refractivity contribution >= 4 is 15.9 Å². The van der Waals surface area contributed by atoms with Crippen LogP contribution in [0.25, 0.3) is 10.4 Å². The fourth-order valence-corrected chi connectivity index (χ4v) is 1.43. The zero-order valence-corrected chi connectivity index (χ0v) is 9.23. The van der Waals surface area contributed by atoms with Crippen LogP contribution in [0, 0.1) is 0 Å². The Bertz CT molecular complexity index is 362. The van der Waals surface area contributed by atoms with E-state index in [1.54, 1.807) is 13.3 Å². The quantitative estimate of drug-likeness (QED) is 0.472. The molecule has 0 amide bonds. The molecular formula is C8H9BrN4O. The van der Waals surface area contributed by atoms with Crippen molar-refractivity contribution in [2.75, 3.05) is 13.7 Å². The van der Waals surface area contributed by atoms with Crippen LogP contribution in [0.5, 0.6) is 5.88 Å². The van der Waals surface area contributed by atoms with Crippen LogP contribution in [0.15, 0.2) is 21.9 Å². The van der Waals surface area contributed by atoms with Crippen molar-refractivity contribution in [1.29, 1.82) is 0 Å². The molecule has 74 valence electrons. The molecule has 0 unspecified atom stereocenters. The van der Waals surface area contributed by atoms with Crippen molar-refractivity contribution in [3.63, 3.8) is 0 Å². The predicted molar refractivity (Wildman–Crippen MR) is 56.2 cm³/mol. The van der Waals surface area contributed by atoms with Crippen LogP contribution in [-0.2, 0) is 6.42 Å². The molecule has 5 nitrogen and oxygen atoms in total. The topological polar surface area (TPSA) is 70.9 Å². The van der Waals surface area contributed by atoms with Crippen LogP contribution in [0.3, 0.4) is 0 Å². The molecule has 0 bridgehead atoms. The number of azide groups is 1. The van der Waals surface area contributed by atoms with Crippen LogP contribution in [-0.4, -0.2) is 18.6 Å². The summed E-state index contributed by atoms with van der Waals surface area (Å²) in [5, 5.41) is 3.45. The average Bonchev–Trinajstić information content (AvgIpc) is 2.19. The standard InChI is InChI=1S/C8H9BrN4O/c1-14-8-6(2-3-12-13-10)4-7(9)5-11-8/h4-5H,2-3H2,1H3. The van der Waals surface area contributed by atoms with Gasteiger partial charge in [-0.1, -0.05) is 5.11 Å². The molecule has 0 radical (unpaired) electrons. The summed E-state index contributed by atoms with van der Waals surface area (Å²) in [4.78, 5) is 6.75. The van der Waals surface area contributed by atoms with E-state index in [1.165, 1.54) is 0 Å². The van der Waals surface area contributed by atoms with Crippen molar-refractivity contribution < 1.29 is 4.74 Å².